The molecule has 27 heavy (non-hydrogen) atoms. The van der Waals surface area contributed by atoms with Crippen LogP contribution in [0.15, 0.2) is 78.4 Å². The maximum absolute atomic E-state index is 5.34. The summed E-state index contributed by atoms with van der Waals surface area (Å²) < 4.78 is 5.34. The molecule has 0 radical (unpaired) electrons. The van der Waals surface area contributed by atoms with Crippen molar-refractivity contribution in [1.82, 2.24) is 4.90 Å². The highest BCUT2D eigenvalue weighted by Crippen LogP contribution is 2.35. The lowest BCUT2D eigenvalue weighted by molar-refractivity contribution is 0.246. The highest BCUT2D eigenvalue weighted by atomic mass is 16.5. The maximum atomic E-state index is 5.34. The molecule has 2 nitrogen and oxygen atoms in total. The Balaban J connectivity index is 1.59. The van der Waals surface area contributed by atoms with Gasteiger partial charge in [0.15, 0.2) is 0 Å². The summed E-state index contributed by atoms with van der Waals surface area (Å²) in [5.74, 6) is 1.30. The van der Waals surface area contributed by atoms with Crippen LogP contribution >= 0.6 is 0 Å². The van der Waals surface area contributed by atoms with Crippen molar-refractivity contribution in [3.05, 3.63) is 89.5 Å². The molecule has 2 aromatic carbocycles. The molecule has 0 amide bonds. The average Bonchev–Trinajstić information content (AvgIpc) is 3.09. The van der Waals surface area contributed by atoms with E-state index in [0.29, 0.717) is 12.0 Å². The van der Waals surface area contributed by atoms with Crippen LogP contribution in [0.5, 0.6) is 5.75 Å². The molecule has 0 saturated carbocycles. The fourth-order valence-corrected chi connectivity index (χ4v) is 4.32. The Morgan fingerprint density at radius 3 is 2.59 bits per heavy atom. The molecule has 2 unspecified atom stereocenters. The first-order chi connectivity index (χ1) is 13.3. The van der Waals surface area contributed by atoms with Crippen LogP contribution in [0.2, 0.25) is 0 Å². The summed E-state index contributed by atoms with van der Waals surface area (Å²) in [5, 5.41) is 0. The number of methoxy groups -OCH3 is 1. The summed E-state index contributed by atoms with van der Waals surface area (Å²) in [4.78, 5) is 2.65. The van der Waals surface area contributed by atoms with Crippen LogP contribution < -0.4 is 4.74 Å². The molecule has 1 heterocycles. The standard InChI is InChI=1S/C25H29NO/c1-27-24-15-13-21(14-16-24)25-12-8-3-2-7-11-23-17-22(25)19-26(23)18-20-9-5-4-6-10-20/h4-6,8-10,12-17,23,25H,2-3,7,11,18-19H2,1H3/b12-8-. The minimum Gasteiger partial charge on any atom is -0.497 e. The lowest BCUT2D eigenvalue weighted by Crippen LogP contribution is -2.30. The number of ether oxygens (including phenoxy) is 1. The van der Waals surface area contributed by atoms with Gasteiger partial charge < -0.3 is 4.74 Å². The minimum absolute atomic E-state index is 0.372. The second kappa shape index (κ2) is 8.58. The first kappa shape index (κ1) is 18.1. The minimum atomic E-state index is 0.372. The number of rotatable bonds is 4. The lowest BCUT2D eigenvalue weighted by Gasteiger charge is -2.25. The summed E-state index contributed by atoms with van der Waals surface area (Å²) in [6.45, 7) is 2.09. The van der Waals surface area contributed by atoms with E-state index in [1.165, 1.54) is 36.8 Å². The van der Waals surface area contributed by atoms with Crippen LogP contribution in [0.25, 0.3) is 0 Å². The van der Waals surface area contributed by atoms with Crippen LogP contribution in [0.1, 0.15) is 42.7 Å². The highest BCUT2D eigenvalue weighted by molar-refractivity contribution is 5.40. The number of nitrogens with zero attached hydrogens (tertiary/aromatic N) is 1. The van der Waals surface area contributed by atoms with E-state index in [9.17, 15) is 0 Å². The van der Waals surface area contributed by atoms with Gasteiger partial charge in [-0.3, -0.25) is 4.90 Å². The van der Waals surface area contributed by atoms with Gasteiger partial charge in [-0.1, -0.05) is 67.1 Å². The largest absolute Gasteiger partial charge is 0.497 e. The Bertz CT molecular complexity index is 791. The van der Waals surface area contributed by atoms with Gasteiger partial charge in [0.1, 0.15) is 5.75 Å². The van der Waals surface area contributed by atoms with Crippen LogP contribution in [0.3, 0.4) is 0 Å². The third-order valence-electron chi connectivity index (χ3n) is 5.81. The fraction of sp³-hybridized carbons (Fsp3) is 0.360. The zero-order valence-corrected chi connectivity index (χ0v) is 16.2. The third-order valence-corrected chi connectivity index (χ3v) is 5.81. The van der Waals surface area contributed by atoms with Crippen molar-refractivity contribution in [1.29, 1.82) is 0 Å². The van der Waals surface area contributed by atoms with E-state index >= 15 is 0 Å². The molecule has 2 bridgehead atoms. The van der Waals surface area contributed by atoms with Gasteiger partial charge in [-0.2, -0.15) is 0 Å². The molecule has 0 saturated heterocycles. The Morgan fingerprint density at radius 1 is 1.00 bits per heavy atom. The zero-order chi connectivity index (χ0) is 18.5. The van der Waals surface area contributed by atoms with Crippen molar-refractivity contribution in [3.8, 4) is 5.75 Å². The van der Waals surface area contributed by atoms with E-state index < -0.39 is 0 Å². The van der Waals surface area contributed by atoms with Gasteiger partial charge in [0, 0.05) is 25.0 Å². The van der Waals surface area contributed by atoms with E-state index in [0.717, 1.165) is 18.8 Å². The topological polar surface area (TPSA) is 12.5 Å². The number of fused-ring (bicyclic) bond motifs is 1. The van der Waals surface area contributed by atoms with Crippen molar-refractivity contribution in [2.45, 2.75) is 44.2 Å². The average molecular weight is 360 g/mol. The number of benzene rings is 2. The van der Waals surface area contributed by atoms with Crippen molar-refractivity contribution < 1.29 is 4.74 Å². The van der Waals surface area contributed by atoms with Gasteiger partial charge in [-0.25, -0.2) is 0 Å². The maximum Gasteiger partial charge on any atom is 0.118 e. The normalized spacial score (nSPS) is 24.3. The van der Waals surface area contributed by atoms with Crippen LogP contribution in [-0.4, -0.2) is 24.6 Å². The predicted molar refractivity (Wildman–Crippen MR) is 112 cm³/mol. The number of hydrogen-bond donors (Lipinski definition) is 0. The molecule has 140 valence electrons. The summed E-state index contributed by atoms with van der Waals surface area (Å²) in [6.07, 6.45) is 12.4. The summed E-state index contributed by atoms with van der Waals surface area (Å²) in [7, 11) is 1.73. The molecular formula is C25H29NO. The molecule has 2 aliphatic rings. The second-order valence-electron chi connectivity index (χ2n) is 7.66. The molecule has 2 heteroatoms. The first-order valence-electron chi connectivity index (χ1n) is 10.1. The Labute approximate surface area is 163 Å². The Kier molecular flexibility index (Phi) is 5.74. The molecule has 0 spiro atoms. The van der Waals surface area contributed by atoms with E-state index in [1.54, 1.807) is 12.7 Å². The van der Waals surface area contributed by atoms with Crippen molar-refractivity contribution in [3.63, 3.8) is 0 Å². The van der Waals surface area contributed by atoms with Crippen LogP contribution in [-0.2, 0) is 6.54 Å². The molecular weight excluding hydrogens is 330 g/mol. The van der Waals surface area contributed by atoms with Gasteiger partial charge >= 0.3 is 0 Å². The highest BCUT2D eigenvalue weighted by Gasteiger charge is 2.28. The second-order valence-corrected chi connectivity index (χ2v) is 7.66. The van der Waals surface area contributed by atoms with Gasteiger partial charge in [0.05, 0.1) is 7.11 Å². The molecule has 0 aromatic heterocycles. The molecule has 2 aromatic rings. The lowest BCUT2D eigenvalue weighted by atomic mass is 9.89. The summed E-state index contributed by atoms with van der Waals surface area (Å²) in [5.41, 5.74) is 4.31. The van der Waals surface area contributed by atoms with Gasteiger partial charge in [-0.15, -0.1) is 0 Å². The first-order valence-corrected chi connectivity index (χ1v) is 10.1. The van der Waals surface area contributed by atoms with E-state index in [-0.39, 0.29) is 0 Å². The quantitative estimate of drug-likeness (QED) is 0.647. The summed E-state index contributed by atoms with van der Waals surface area (Å²) >= 11 is 0. The smallest absolute Gasteiger partial charge is 0.118 e. The molecule has 1 aliphatic heterocycles. The molecule has 2 atom stereocenters. The van der Waals surface area contributed by atoms with Crippen molar-refractivity contribution >= 4 is 0 Å². The van der Waals surface area contributed by atoms with Crippen molar-refractivity contribution in [2.75, 3.05) is 13.7 Å². The SMILES string of the molecule is COc1ccc(C2/C=C\CCCCC3C=C2CN3Cc2ccccc2)cc1. The molecule has 1 aliphatic carbocycles. The van der Waals surface area contributed by atoms with E-state index in [4.69, 9.17) is 4.74 Å². The third kappa shape index (κ3) is 4.33. The molecule has 0 N–H and O–H groups in total. The van der Waals surface area contributed by atoms with E-state index in [1.807, 2.05) is 0 Å². The number of allylic oxidation sites excluding steroid dienone is 2. The Hall–Kier alpha value is -2.32. The zero-order valence-electron chi connectivity index (χ0n) is 16.2. The van der Waals surface area contributed by atoms with Crippen molar-refractivity contribution in [2.24, 2.45) is 0 Å². The fourth-order valence-electron chi connectivity index (χ4n) is 4.32. The van der Waals surface area contributed by atoms with Gasteiger partial charge in [0.25, 0.3) is 0 Å². The van der Waals surface area contributed by atoms with Gasteiger partial charge in [0.2, 0.25) is 0 Å². The summed E-state index contributed by atoms with van der Waals surface area (Å²) in [6, 6.07) is 20.0. The molecule has 0 fully saturated rings. The van der Waals surface area contributed by atoms with Crippen LogP contribution in [0, 0.1) is 0 Å². The van der Waals surface area contributed by atoms with E-state index in [2.05, 4.69) is 77.7 Å². The Morgan fingerprint density at radius 2 is 1.81 bits per heavy atom. The monoisotopic (exact) mass is 359 g/mol. The van der Waals surface area contributed by atoms with Crippen LogP contribution in [0.4, 0.5) is 0 Å². The molecule has 4 rings (SSSR count). The van der Waals surface area contributed by atoms with Gasteiger partial charge in [-0.05, 0) is 48.1 Å². The predicted octanol–water partition coefficient (Wildman–Crippen LogP) is 5.72. The number of hydrogen-bond acceptors (Lipinski definition) is 2.